The second kappa shape index (κ2) is 8.08. The molecule has 2 heterocycles. The predicted octanol–water partition coefficient (Wildman–Crippen LogP) is 4.33. The number of hydrogen-bond donors (Lipinski definition) is 1. The summed E-state index contributed by atoms with van der Waals surface area (Å²) in [5.74, 6) is -1.06. The van der Waals surface area contributed by atoms with E-state index in [1.165, 1.54) is 28.4 Å². The smallest absolute Gasteiger partial charge is 0.323 e. The fourth-order valence-corrected chi connectivity index (χ4v) is 4.93. The van der Waals surface area contributed by atoms with Crippen LogP contribution in [0.25, 0.3) is 11.3 Å². The standard InChI is InChI=1S/C24H21FN4O3S/c1-24(16-9-10-16)21(31)28(22(32)27-24)13-20(30)29(18-5-3-2-4-6-18)23-26-19(14-33-23)15-7-11-17(25)12-8-15/h2-8,11-12,14,16H,9-10,13H2,1H3,(H,27,32)/t24-/m1/s1. The summed E-state index contributed by atoms with van der Waals surface area (Å²) < 4.78 is 13.3. The Morgan fingerprint density at radius 2 is 1.88 bits per heavy atom. The van der Waals surface area contributed by atoms with Crippen molar-refractivity contribution in [1.29, 1.82) is 0 Å². The molecule has 1 saturated heterocycles. The van der Waals surface area contributed by atoms with Gasteiger partial charge in [0, 0.05) is 10.9 Å². The Morgan fingerprint density at radius 3 is 2.55 bits per heavy atom. The van der Waals surface area contributed by atoms with Gasteiger partial charge in [-0.1, -0.05) is 18.2 Å². The second-order valence-corrected chi connectivity index (χ2v) is 9.22. The Labute approximate surface area is 193 Å². The summed E-state index contributed by atoms with van der Waals surface area (Å²) in [5, 5.41) is 4.94. The Morgan fingerprint density at radius 1 is 1.18 bits per heavy atom. The molecule has 1 aliphatic carbocycles. The number of thiazole rings is 1. The molecule has 0 radical (unpaired) electrons. The van der Waals surface area contributed by atoms with Crippen LogP contribution < -0.4 is 10.2 Å². The van der Waals surface area contributed by atoms with Crippen molar-refractivity contribution in [1.82, 2.24) is 15.2 Å². The van der Waals surface area contributed by atoms with Gasteiger partial charge in [0.15, 0.2) is 5.13 Å². The zero-order chi connectivity index (χ0) is 23.2. The largest absolute Gasteiger partial charge is 0.325 e. The van der Waals surface area contributed by atoms with E-state index in [4.69, 9.17) is 0 Å². The number of amides is 4. The van der Waals surface area contributed by atoms with Crippen LogP contribution >= 0.6 is 11.3 Å². The van der Waals surface area contributed by atoms with Gasteiger partial charge in [-0.05, 0) is 62.1 Å². The third-order valence-corrected chi connectivity index (χ3v) is 6.90. The number of urea groups is 1. The molecule has 3 aromatic rings. The number of hydrogen-bond acceptors (Lipinski definition) is 5. The van der Waals surface area contributed by atoms with Crippen molar-refractivity contribution < 1.29 is 18.8 Å². The highest BCUT2D eigenvalue weighted by atomic mass is 32.1. The summed E-state index contributed by atoms with van der Waals surface area (Å²) >= 11 is 1.25. The summed E-state index contributed by atoms with van der Waals surface area (Å²) in [7, 11) is 0. The monoisotopic (exact) mass is 464 g/mol. The van der Waals surface area contributed by atoms with Crippen LogP contribution in [0.2, 0.25) is 0 Å². The minimum atomic E-state index is -0.953. The van der Waals surface area contributed by atoms with Crippen molar-refractivity contribution in [2.75, 3.05) is 11.4 Å². The molecule has 33 heavy (non-hydrogen) atoms. The summed E-state index contributed by atoms with van der Waals surface area (Å²) in [6, 6.07) is 14.3. The number of carbonyl (C=O) groups excluding carboxylic acids is 3. The lowest BCUT2D eigenvalue weighted by Crippen LogP contribution is -2.47. The number of rotatable bonds is 6. The van der Waals surface area contributed by atoms with E-state index in [1.807, 2.05) is 6.07 Å². The van der Waals surface area contributed by atoms with E-state index in [0.29, 0.717) is 22.1 Å². The number of benzene rings is 2. The number of anilines is 2. The van der Waals surface area contributed by atoms with Gasteiger partial charge in [-0.3, -0.25) is 19.4 Å². The Kier molecular flexibility index (Phi) is 5.20. The Bertz CT molecular complexity index is 1230. The van der Waals surface area contributed by atoms with E-state index in [2.05, 4.69) is 10.3 Å². The number of halogens is 1. The van der Waals surface area contributed by atoms with Crippen LogP contribution in [0.3, 0.4) is 0 Å². The number of aromatic nitrogens is 1. The fourth-order valence-electron chi connectivity index (χ4n) is 4.06. The van der Waals surface area contributed by atoms with E-state index in [1.54, 1.807) is 48.7 Å². The molecule has 0 unspecified atom stereocenters. The quantitative estimate of drug-likeness (QED) is 0.551. The highest BCUT2D eigenvalue weighted by molar-refractivity contribution is 7.14. The second-order valence-electron chi connectivity index (χ2n) is 8.38. The van der Waals surface area contributed by atoms with Gasteiger partial charge < -0.3 is 5.32 Å². The number of nitrogens with zero attached hydrogens (tertiary/aromatic N) is 3. The zero-order valence-corrected chi connectivity index (χ0v) is 18.6. The van der Waals surface area contributed by atoms with Crippen LogP contribution in [0.4, 0.5) is 20.0 Å². The number of carbonyl (C=O) groups is 3. The van der Waals surface area contributed by atoms with Crippen LogP contribution in [-0.2, 0) is 9.59 Å². The van der Waals surface area contributed by atoms with Gasteiger partial charge in [-0.2, -0.15) is 0 Å². The molecular formula is C24H21FN4O3S. The normalized spacial score (nSPS) is 20.1. The average Bonchev–Trinajstić information content (AvgIpc) is 3.53. The Balaban J connectivity index is 1.44. The van der Waals surface area contributed by atoms with Crippen molar-refractivity contribution in [3.8, 4) is 11.3 Å². The van der Waals surface area contributed by atoms with Gasteiger partial charge in [0.05, 0.1) is 11.4 Å². The minimum Gasteiger partial charge on any atom is -0.323 e. The SMILES string of the molecule is C[C@]1(C2CC2)NC(=O)N(CC(=O)N(c2ccccc2)c2nc(-c3ccc(F)cc3)cs2)C1=O. The molecule has 0 bridgehead atoms. The molecule has 2 fully saturated rings. The maximum atomic E-state index is 13.4. The van der Waals surface area contributed by atoms with Crippen LogP contribution in [0.1, 0.15) is 19.8 Å². The summed E-state index contributed by atoms with van der Waals surface area (Å²) in [5.41, 5.74) is 0.930. The minimum absolute atomic E-state index is 0.108. The summed E-state index contributed by atoms with van der Waals surface area (Å²) in [6.07, 6.45) is 1.76. The lowest BCUT2D eigenvalue weighted by atomic mass is 9.96. The van der Waals surface area contributed by atoms with E-state index < -0.39 is 24.0 Å². The molecule has 1 aliphatic heterocycles. The Hall–Kier alpha value is -3.59. The molecule has 0 spiro atoms. The van der Waals surface area contributed by atoms with Gasteiger partial charge in [-0.25, -0.2) is 14.2 Å². The molecular weight excluding hydrogens is 443 g/mol. The average molecular weight is 465 g/mol. The third kappa shape index (κ3) is 3.89. The van der Waals surface area contributed by atoms with E-state index >= 15 is 0 Å². The lowest BCUT2D eigenvalue weighted by molar-refractivity contribution is -0.134. The van der Waals surface area contributed by atoms with Crippen molar-refractivity contribution >= 4 is 40.0 Å². The van der Waals surface area contributed by atoms with Gasteiger partial charge in [0.2, 0.25) is 0 Å². The highest BCUT2D eigenvalue weighted by Crippen LogP contribution is 2.42. The molecule has 9 heteroatoms. The maximum Gasteiger partial charge on any atom is 0.325 e. The van der Waals surface area contributed by atoms with Gasteiger partial charge in [-0.15, -0.1) is 11.3 Å². The van der Waals surface area contributed by atoms with Crippen molar-refractivity contribution in [3.63, 3.8) is 0 Å². The topological polar surface area (TPSA) is 82.6 Å². The van der Waals surface area contributed by atoms with Crippen LogP contribution in [0.5, 0.6) is 0 Å². The molecule has 1 N–H and O–H groups in total. The first-order valence-electron chi connectivity index (χ1n) is 10.6. The molecule has 168 valence electrons. The summed E-state index contributed by atoms with van der Waals surface area (Å²) in [6.45, 7) is 1.33. The summed E-state index contributed by atoms with van der Waals surface area (Å²) in [4.78, 5) is 46.0. The van der Waals surface area contributed by atoms with E-state index in [9.17, 15) is 18.8 Å². The van der Waals surface area contributed by atoms with Crippen LogP contribution in [0, 0.1) is 11.7 Å². The number of para-hydroxylation sites is 1. The first kappa shape index (κ1) is 21.3. The van der Waals surface area contributed by atoms with Gasteiger partial charge in [0.1, 0.15) is 17.9 Å². The molecule has 7 nitrogen and oxygen atoms in total. The molecule has 5 rings (SSSR count). The molecule has 2 aromatic carbocycles. The van der Waals surface area contributed by atoms with Gasteiger partial charge in [0.25, 0.3) is 11.8 Å². The number of imide groups is 1. The highest BCUT2D eigenvalue weighted by Gasteiger charge is 2.56. The molecule has 2 aliphatic rings. The molecule has 1 aromatic heterocycles. The lowest BCUT2D eigenvalue weighted by Gasteiger charge is -2.23. The van der Waals surface area contributed by atoms with Crippen molar-refractivity contribution in [2.45, 2.75) is 25.3 Å². The third-order valence-electron chi connectivity index (χ3n) is 6.08. The number of nitrogens with one attached hydrogen (secondary N) is 1. The van der Waals surface area contributed by atoms with Gasteiger partial charge >= 0.3 is 6.03 Å². The fraction of sp³-hybridized carbons (Fsp3) is 0.250. The van der Waals surface area contributed by atoms with Crippen molar-refractivity contribution in [3.05, 3.63) is 65.8 Å². The maximum absolute atomic E-state index is 13.4. The first-order valence-corrected chi connectivity index (χ1v) is 11.5. The van der Waals surface area contributed by atoms with Crippen LogP contribution in [-0.4, -0.2) is 39.8 Å². The van der Waals surface area contributed by atoms with E-state index in [0.717, 1.165) is 17.7 Å². The molecule has 1 atom stereocenters. The first-order chi connectivity index (χ1) is 15.9. The van der Waals surface area contributed by atoms with E-state index in [-0.39, 0.29) is 17.6 Å². The molecule has 1 saturated carbocycles. The van der Waals surface area contributed by atoms with Crippen LogP contribution in [0.15, 0.2) is 60.0 Å². The zero-order valence-electron chi connectivity index (χ0n) is 17.8. The molecule has 4 amide bonds. The van der Waals surface area contributed by atoms with Crippen molar-refractivity contribution in [2.24, 2.45) is 5.92 Å². The predicted molar refractivity (Wildman–Crippen MR) is 122 cm³/mol.